The SMILES string of the molecule is C=C(C)C(=O)OCCCC1(CCCOC(=O)C(=C)C)c2cc(-c3cccc4ccccc34)ccc2-c2ccc(-c3cccc4ccccc34)cc21. The highest BCUT2D eigenvalue weighted by molar-refractivity contribution is 5.99. The number of esters is 2. The first kappa shape index (κ1) is 33.7. The molecule has 4 heteroatoms. The van der Waals surface area contributed by atoms with Crippen LogP contribution < -0.4 is 0 Å². The van der Waals surface area contributed by atoms with Crippen LogP contribution >= 0.6 is 0 Å². The summed E-state index contributed by atoms with van der Waals surface area (Å²) in [6, 6.07) is 43.7. The highest BCUT2D eigenvalue weighted by Crippen LogP contribution is 2.55. The fraction of sp³-hybridized carbons (Fsp3) is 0.191. The molecular weight excluding hydrogens is 629 g/mol. The predicted octanol–water partition coefficient (Wildman–Crippen LogP) is 11.4. The number of benzene rings is 6. The minimum Gasteiger partial charge on any atom is -0.462 e. The van der Waals surface area contributed by atoms with Gasteiger partial charge in [0.2, 0.25) is 0 Å². The van der Waals surface area contributed by atoms with E-state index in [0.717, 1.165) is 24.0 Å². The first-order valence-electron chi connectivity index (χ1n) is 17.7. The third-order valence-electron chi connectivity index (χ3n) is 10.2. The second-order valence-electron chi connectivity index (χ2n) is 13.7. The van der Waals surface area contributed by atoms with Crippen LogP contribution in [0.15, 0.2) is 146 Å². The number of ether oxygens (including phenoxy) is 2. The van der Waals surface area contributed by atoms with Gasteiger partial charge < -0.3 is 9.47 Å². The minimum atomic E-state index is -0.433. The molecule has 6 aromatic rings. The summed E-state index contributed by atoms with van der Waals surface area (Å²) in [5.74, 6) is -0.751. The van der Waals surface area contributed by atoms with Crippen molar-refractivity contribution in [3.63, 3.8) is 0 Å². The van der Waals surface area contributed by atoms with E-state index in [9.17, 15) is 9.59 Å². The van der Waals surface area contributed by atoms with Gasteiger partial charge in [0, 0.05) is 16.6 Å². The molecule has 0 aliphatic heterocycles. The molecule has 1 aliphatic rings. The van der Waals surface area contributed by atoms with E-state index in [0.29, 0.717) is 24.0 Å². The molecule has 0 N–H and O–H groups in total. The van der Waals surface area contributed by atoms with Gasteiger partial charge in [0.25, 0.3) is 0 Å². The Morgan fingerprint density at radius 1 is 0.529 bits per heavy atom. The van der Waals surface area contributed by atoms with E-state index in [-0.39, 0.29) is 25.2 Å². The second kappa shape index (κ2) is 14.2. The summed E-state index contributed by atoms with van der Waals surface area (Å²) in [4.78, 5) is 24.8. The van der Waals surface area contributed by atoms with Crippen LogP contribution in [0.3, 0.4) is 0 Å². The fourth-order valence-corrected chi connectivity index (χ4v) is 7.77. The molecule has 0 bridgehead atoms. The van der Waals surface area contributed by atoms with Crippen LogP contribution in [0.5, 0.6) is 0 Å². The first-order chi connectivity index (χ1) is 24.8. The maximum Gasteiger partial charge on any atom is 0.333 e. The van der Waals surface area contributed by atoms with E-state index in [1.54, 1.807) is 13.8 Å². The standard InChI is InChI=1S/C47H42O4/c1-31(2)45(48)50-27-11-25-47(26-12-28-51-46(49)32(3)4)43-29-35(39-19-9-15-33-13-5-7-17-37(33)39)21-23-41(43)42-24-22-36(30-44(42)47)40-20-10-16-34-14-6-8-18-38(34)40/h5-10,13-24,29-30H,1,3,11-12,25-28H2,2,4H3. The van der Waals surface area contributed by atoms with Crippen molar-refractivity contribution in [2.75, 3.05) is 13.2 Å². The van der Waals surface area contributed by atoms with Gasteiger partial charge in [-0.1, -0.05) is 122 Å². The van der Waals surface area contributed by atoms with E-state index < -0.39 is 5.41 Å². The molecule has 0 saturated carbocycles. The van der Waals surface area contributed by atoms with Gasteiger partial charge in [-0.05, 0) is 118 Å². The average Bonchev–Trinajstić information content (AvgIpc) is 3.42. The molecule has 0 fully saturated rings. The van der Waals surface area contributed by atoms with Gasteiger partial charge in [0.1, 0.15) is 0 Å². The van der Waals surface area contributed by atoms with Crippen LogP contribution in [0.4, 0.5) is 0 Å². The van der Waals surface area contributed by atoms with Crippen LogP contribution in [0.2, 0.25) is 0 Å². The molecule has 0 heterocycles. The van der Waals surface area contributed by atoms with Crippen molar-refractivity contribution in [3.05, 3.63) is 157 Å². The van der Waals surface area contributed by atoms with Gasteiger partial charge in [-0.25, -0.2) is 9.59 Å². The number of carbonyl (C=O) groups excluding carboxylic acids is 2. The maximum atomic E-state index is 12.4. The summed E-state index contributed by atoms with van der Waals surface area (Å²) in [7, 11) is 0. The molecule has 0 radical (unpaired) electrons. The average molecular weight is 671 g/mol. The second-order valence-corrected chi connectivity index (χ2v) is 13.7. The number of rotatable bonds is 12. The number of carbonyl (C=O) groups is 2. The Labute approximate surface area is 300 Å². The van der Waals surface area contributed by atoms with E-state index in [2.05, 4.69) is 134 Å². The zero-order valence-corrected chi connectivity index (χ0v) is 29.3. The summed E-state index contributed by atoms with van der Waals surface area (Å²) in [6.45, 7) is 11.4. The van der Waals surface area contributed by atoms with Gasteiger partial charge in [-0.3, -0.25) is 0 Å². The van der Waals surface area contributed by atoms with Crippen LogP contribution in [-0.4, -0.2) is 25.2 Å². The molecule has 254 valence electrons. The Bertz CT molecular complexity index is 2150. The molecule has 51 heavy (non-hydrogen) atoms. The Morgan fingerprint density at radius 2 is 0.941 bits per heavy atom. The van der Waals surface area contributed by atoms with Gasteiger partial charge in [0.05, 0.1) is 13.2 Å². The normalized spacial score (nSPS) is 12.7. The van der Waals surface area contributed by atoms with Crippen molar-refractivity contribution >= 4 is 33.5 Å². The molecule has 0 amide bonds. The van der Waals surface area contributed by atoms with Gasteiger partial charge in [-0.2, -0.15) is 0 Å². The molecule has 0 spiro atoms. The monoisotopic (exact) mass is 670 g/mol. The lowest BCUT2D eigenvalue weighted by Gasteiger charge is -2.33. The van der Waals surface area contributed by atoms with E-state index >= 15 is 0 Å². The maximum absolute atomic E-state index is 12.4. The third kappa shape index (κ3) is 6.50. The Hall–Kier alpha value is -5.74. The van der Waals surface area contributed by atoms with E-state index in [1.165, 1.54) is 54.9 Å². The molecule has 4 nitrogen and oxygen atoms in total. The van der Waals surface area contributed by atoms with Crippen LogP contribution in [0.25, 0.3) is 54.9 Å². The Kier molecular flexibility index (Phi) is 9.42. The van der Waals surface area contributed by atoms with Crippen molar-refractivity contribution in [1.29, 1.82) is 0 Å². The number of fused-ring (bicyclic) bond motifs is 5. The molecule has 6 aromatic carbocycles. The smallest absolute Gasteiger partial charge is 0.333 e. The largest absolute Gasteiger partial charge is 0.462 e. The summed E-state index contributed by atoms with van der Waals surface area (Å²) in [5.41, 5.74) is 9.92. The molecule has 0 aromatic heterocycles. The lowest BCUT2D eigenvalue weighted by Crippen LogP contribution is -2.27. The molecule has 0 saturated heterocycles. The van der Waals surface area contributed by atoms with Crippen LogP contribution in [-0.2, 0) is 24.5 Å². The van der Waals surface area contributed by atoms with Crippen LogP contribution in [0, 0.1) is 0 Å². The van der Waals surface area contributed by atoms with Gasteiger partial charge in [-0.15, -0.1) is 0 Å². The van der Waals surface area contributed by atoms with E-state index in [4.69, 9.17) is 9.47 Å². The van der Waals surface area contributed by atoms with Crippen molar-refractivity contribution in [1.82, 2.24) is 0 Å². The summed E-state index contributed by atoms with van der Waals surface area (Å²) >= 11 is 0. The van der Waals surface area contributed by atoms with Crippen molar-refractivity contribution in [2.24, 2.45) is 0 Å². The molecule has 0 unspecified atom stereocenters. The predicted molar refractivity (Wildman–Crippen MR) is 209 cm³/mol. The Balaban J connectivity index is 1.38. The summed E-state index contributed by atoms with van der Waals surface area (Å²) < 4.78 is 11.3. The number of hydrogen-bond acceptors (Lipinski definition) is 4. The quantitative estimate of drug-likeness (QED) is 0.0739. The first-order valence-corrected chi connectivity index (χ1v) is 17.7. The van der Waals surface area contributed by atoms with Crippen LogP contribution in [0.1, 0.15) is 50.7 Å². The molecule has 1 aliphatic carbocycles. The lowest BCUT2D eigenvalue weighted by molar-refractivity contribution is -0.139. The Morgan fingerprint density at radius 3 is 1.37 bits per heavy atom. The topological polar surface area (TPSA) is 52.6 Å². The van der Waals surface area contributed by atoms with Crippen molar-refractivity contribution in [2.45, 2.75) is 44.9 Å². The molecular formula is C47H42O4. The summed E-state index contributed by atoms with van der Waals surface area (Å²) in [6.07, 6.45) is 2.78. The zero-order valence-electron chi connectivity index (χ0n) is 29.3. The lowest BCUT2D eigenvalue weighted by atomic mass is 9.70. The highest BCUT2D eigenvalue weighted by Gasteiger charge is 2.43. The third-order valence-corrected chi connectivity index (χ3v) is 10.2. The molecule has 7 rings (SSSR count). The van der Waals surface area contributed by atoms with Gasteiger partial charge >= 0.3 is 11.9 Å². The summed E-state index contributed by atoms with van der Waals surface area (Å²) in [5, 5.41) is 4.81. The highest BCUT2D eigenvalue weighted by atomic mass is 16.5. The minimum absolute atomic E-state index is 0.286. The van der Waals surface area contributed by atoms with Crippen molar-refractivity contribution < 1.29 is 19.1 Å². The fourth-order valence-electron chi connectivity index (χ4n) is 7.77. The van der Waals surface area contributed by atoms with Gasteiger partial charge in [0.15, 0.2) is 0 Å². The molecule has 0 atom stereocenters. The van der Waals surface area contributed by atoms with Crippen molar-refractivity contribution in [3.8, 4) is 33.4 Å². The van der Waals surface area contributed by atoms with E-state index in [1.807, 2.05) is 0 Å². The number of hydrogen-bond donors (Lipinski definition) is 0. The zero-order chi connectivity index (χ0) is 35.5.